The quantitative estimate of drug-likeness (QED) is 0.863. The lowest BCUT2D eigenvalue weighted by molar-refractivity contribution is 0.0881. The maximum Gasteiger partial charge on any atom is 0.407 e. The third-order valence-electron chi connectivity index (χ3n) is 3.22. The lowest BCUT2D eigenvalue weighted by Gasteiger charge is -2.33. The molecule has 0 saturated carbocycles. The fourth-order valence-corrected chi connectivity index (χ4v) is 2.15. The maximum absolute atomic E-state index is 13.8. The number of nitrogens with zero attached hydrogens (tertiary/aromatic N) is 1. The summed E-state index contributed by atoms with van der Waals surface area (Å²) in [4.78, 5) is 11.9. The first-order valence-corrected chi connectivity index (χ1v) is 6.06. The number of likely N-dealkylation sites (tertiary alicyclic amines) is 1. The van der Waals surface area contributed by atoms with Gasteiger partial charge in [0.2, 0.25) is 0 Å². The molecule has 5 heteroatoms. The first-order chi connectivity index (χ1) is 8.66. The van der Waals surface area contributed by atoms with Crippen LogP contribution in [0.4, 0.5) is 9.18 Å². The van der Waals surface area contributed by atoms with E-state index in [1.54, 1.807) is 0 Å². The number of carboxylic acid groups (broad SMARTS) is 1. The van der Waals surface area contributed by atoms with Crippen molar-refractivity contribution in [3.63, 3.8) is 0 Å². The summed E-state index contributed by atoms with van der Waals surface area (Å²) in [5, 5.41) is 11.9. The maximum atomic E-state index is 13.8. The average molecular weight is 252 g/mol. The van der Waals surface area contributed by atoms with Crippen LogP contribution in [0.5, 0.6) is 0 Å². The molecule has 0 radical (unpaired) electrons. The minimum atomic E-state index is -1.14. The normalized spacial score (nSPS) is 23.9. The average Bonchev–Trinajstić information content (AvgIpc) is 2.38. The Labute approximate surface area is 105 Å². The van der Waals surface area contributed by atoms with Gasteiger partial charge < -0.3 is 15.3 Å². The van der Waals surface area contributed by atoms with Crippen LogP contribution in [0.1, 0.15) is 12.0 Å². The van der Waals surface area contributed by atoms with Crippen molar-refractivity contribution in [1.82, 2.24) is 10.2 Å². The lowest BCUT2D eigenvalue weighted by atomic mass is 10.0. The van der Waals surface area contributed by atoms with Crippen molar-refractivity contribution in [3.8, 4) is 0 Å². The summed E-state index contributed by atoms with van der Waals surface area (Å²) in [5.41, 5.74) is 1.10. The Kier molecular flexibility index (Phi) is 4.15. The van der Waals surface area contributed by atoms with Crippen LogP contribution in [0, 0.1) is 0 Å². The van der Waals surface area contributed by atoms with E-state index in [4.69, 9.17) is 5.11 Å². The molecule has 0 aliphatic carbocycles. The Bertz CT molecular complexity index is 399. The minimum Gasteiger partial charge on any atom is -0.465 e. The van der Waals surface area contributed by atoms with Crippen LogP contribution >= 0.6 is 0 Å². The highest BCUT2D eigenvalue weighted by Gasteiger charge is 2.30. The van der Waals surface area contributed by atoms with Gasteiger partial charge in [-0.05, 0) is 12.0 Å². The number of amides is 1. The molecule has 1 amide bonds. The highest BCUT2D eigenvalue weighted by molar-refractivity contribution is 5.65. The molecule has 1 aliphatic heterocycles. The van der Waals surface area contributed by atoms with Crippen LogP contribution in [0.25, 0.3) is 0 Å². The van der Waals surface area contributed by atoms with Gasteiger partial charge in [0, 0.05) is 19.1 Å². The number of benzene rings is 1. The Morgan fingerprint density at radius 2 is 2.17 bits per heavy atom. The Morgan fingerprint density at radius 3 is 2.78 bits per heavy atom. The summed E-state index contributed by atoms with van der Waals surface area (Å²) in [6.45, 7) is 0.961. The topological polar surface area (TPSA) is 52.6 Å². The number of carbonyl (C=O) groups is 1. The number of piperidine rings is 1. The summed E-state index contributed by atoms with van der Waals surface area (Å²) in [5.74, 6) is 0. The number of alkyl halides is 1. The van der Waals surface area contributed by atoms with E-state index in [9.17, 15) is 9.18 Å². The van der Waals surface area contributed by atoms with Crippen molar-refractivity contribution < 1.29 is 14.3 Å². The number of hydrogen-bond donors (Lipinski definition) is 2. The molecule has 2 atom stereocenters. The zero-order valence-corrected chi connectivity index (χ0v) is 10.1. The van der Waals surface area contributed by atoms with E-state index >= 15 is 0 Å². The second-order valence-electron chi connectivity index (χ2n) is 4.51. The highest BCUT2D eigenvalue weighted by atomic mass is 19.1. The molecule has 1 aromatic rings. The first kappa shape index (κ1) is 12.8. The van der Waals surface area contributed by atoms with Gasteiger partial charge in [0.15, 0.2) is 0 Å². The van der Waals surface area contributed by atoms with E-state index in [1.807, 2.05) is 30.3 Å². The van der Waals surface area contributed by atoms with E-state index in [1.165, 1.54) is 0 Å². The van der Waals surface area contributed by atoms with Crippen LogP contribution < -0.4 is 5.32 Å². The smallest absolute Gasteiger partial charge is 0.407 e. The molecule has 0 spiro atoms. The zero-order chi connectivity index (χ0) is 13.0. The highest BCUT2D eigenvalue weighted by Crippen LogP contribution is 2.15. The van der Waals surface area contributed by atoms with Gasteiger partial charge in [-0.3, -0.25) is 0 Å². The van der Waals surface area contributed by atoms with Gasteiger partial charge in [0.1, 0.15) is 6.17 Å². The summed E-state index contributed by atoms with van der Waals surface area (Å²) < 4.78 is 13.8. The van der Waals surface area contributed by atoms with Crippen LogP contribution in [-0.2, 0) is 6.54 Å². The van der Waals surface area contributed by atoms with Crippen LogP contribution in [0.2, 0.25) is 0 Å². The predicted octanol–water partition coefficient (Wildman–Crippen LogP) is 1.87. The molecule has 4 nitrogen and oxygen atoms in total. The number of rotatable bonds is 3. The number of halogens is 1. The van der Waals surface area contributed by atoms with Crippen molar-refractivity contribution in [2.75, 3.05) is 13.1 Å². The standard InChI is InChI=1S/C13H17FN2O2/c14-11-9-16(13(17)18)7-6-12(11)15-8-10-4-2-1-3-5-10/h1-5,11-12,15H,6-9H2,(H,17,18)/t11-,12+/m1/s1. The first-order valence-electron chi connectivity index (χ1n) is 6.06. The zero-order valence-electron chi connectivity index (χ0n) is 10.1. The van der Waals surface area contributed by atoms with Crippen LogP contribution in [0.15, 0.2) is 30.3 Å². The molecule has 1 aliphatic rings. The third-order valence-corrected chi connectivity index (χ3v) is 3.22. The largest absolute Gasteiger partial charge is 0.465 e. The summed E-state index contributed by atoms with van der Waals surface area (Å²) in [6, 6.07) is 9.51. The molecule has 0 unspecified atom stereocenters. The fraction of sp³-hybridized carbons (Fsp3) is 0.462. The summed E-state index contributed by atoms with van der Waals surface area (Å²) >= 11 is 0. The fourth-order valence-electron chi connectivity index (χ4n) is 2.15. The van der Waals surface area contributed by atoms with E-state index in [0.29, 0.717) is 19.5 Å². The molecule has 0 bridgehead atoms. The van der Waals surface area contributed by atoms with Gasteiger partial charge in [-0.2, -0.15) is 0 Å². The van der Waals surface area contributed by atoms with E-state index in [2.05, 4.69) is 5.32 Å². The van der Waals surface area contributed by atoms with Crippen molar-refractivity contribution in [1.29, 1.82) is 0 Å². The van der Waals surface area contributed by atoms with Gasteiger partial charge in [-0.1, -0.05) is 30.3 Å². The van der Waals surface area contributed by atoms with Gasteiger partial charge in [0.25, 0.3) is 0 Å². The predicted molar refractivity (Wildman–Crippen MR) is 66.2 cm³/mol. The van der Waals surface area contributed by atoms with Gasteiger partial charge in [-0.25, -0.2) is 9.18 Å². The van der Waals surface area contributed by atoms with Gasteiger partial charge in [-0.15, -0.1) is 0 Å². The second-order valence-corrected chi connectivity index (χ2v) is 4.51. The molecular formula is C13H17FN2O2. The molecule has 18 heavy (non-hydrogen) atoms. The molecule has 2 N–H and O–H groups in total. The molecule has 98 valence electrons. The molecule has 2 rings (SSSR count). The van der Waals surface area contributed by atoms with E-state index in [0.717, 1.165) is 10.5 Å². The van der Waals surface area contributed by atoms with Crippen molar-refractivity contribution in [2.24, 2.45) is 0 Å². The third kappa shape index (κ3) is 3.20. The molecule has 1 fully saturated rings. The summed E-state index contributed by atoms with van der Waals surface area (Å²) in [7, 11) is 0. The molecular weight excluding hydrogens is 235 g/mol. The van der Waals surface area contributed by atoms with E-state index < -0.39 is 12.3 Å². The minimum absolute atomic E-state index is 0.0399. The SMILES string of the molecule is O=C(O)N1CC[C@H](NCc2ccccc2)[C@H](F)C1. The molecule has 0 aromatic heterocycles. The Balaban J connectivity index is 1.83. The van der Waals surface area contributed by atoms with Crippen molar-refractivity contribution in [3.05, 3.63) is 35.9 Å². The second kappa shape index (κ2) is 5.82. The molecule has 1 heterocycles. The molecule has 1 saturated heterocycles. The lowest BCUT2D eigenvalue weighted by Crippen LogP contribution is -2.51. The van der Waals surface area contributed by atoms with Gasteiger partial charge in [0.05, 0.1) is 6.54 Å². The van der Waals surface area contributed by atoms with Crippen molar-refractivity contribution in [2.45, 2.75) is 25.2 Å². The monoisotopic (exact) mass is 252 g/mol. The van der Waals surface area contributed by atoms with Crippen LogP contribution in [0.3, 0.4) is 0 Å². The summed E-state index contributed by atoms with van der Waals surface area (Å²) in [6.07, 6.45) is -1.67. The van der Waals surface area contributed by atoms with Crippen molar-refractivity contribution >= 4 is 6.09 Å². The molecule has 1 aromatic carbocycles. The Hall–Kier alpha value is -1.62. The number of nitrogens with one attached hydrogen (secondary N) is 1. The Morgan fingerprint density at radius 1 is 1.44 bits per heavy atom. The number of hydrogen-bond acceptors (Lipinski definition) is 2. The van der Waals surface area contributed by atoms with Crippen LogP contribution in [-0.4, -0.2) is 41.4 Å². The van der Waals surface area contributed by atoms with Gasteiger partial charge >= 0.3 is 6.09 Å². The van der Waals surface area contributed by atoms with E-state index in [-0.39, 0.29) is 12.6 Å².